The predicted molar refractivity (Wildman–Crippen MR) is 69.9 cm³/mol. The monoisotopic (exact) mass is 269 g/mol. The summed E-state index contributed by atoms with van der Waals surface area (Å²) in [5.74, 6) is -0.817. The second-order valence-corrected chi connectivity index (χ2v) is 4.52. The van der Waals surface area contributed by atoms with Crippen molar-refractivity contribution in [1.29, 1.82) is 0 Å². The van der Waals surface area contributed by atoms with E-state index in [-0.39, 0.29) is 18.9 Å². The fourth-order valence-electron chi connectivity index (χ4n) is 1.75. The molecular weight excluding hydrogens is 249 g/mol. The SMILES string of the molecule is CCCC(O)CNC(=O)CC(O)c1cccc(F)c1. The van der Waals surface area contributed by atoms with Crippen LogP contribution in [-0.4, -0.2) is 28.8 Å². The van der Waals surface area contributed by atoms with Gasteiger partial charge in [0.1, 0.15) is 5.82 Å². The van der Waals surface area contributed by atoms with Gasteiger partial charge in [0.2, 0.25) is 5.91 Å². The fourth-order valence-corrected chi connectivity index (χ4v) is 1.75. The number of carbonyl (C=O) groups excluding carboxylic acids is 1. The maximum atomic E-state index is 13.0. The highest BCUT2D eigenvalue weighted by Crippen LogP contribution is 2.17. The summed E-state index contributed by atoms with van der Waals surface area (Å²) >= 11 is 0. The molecule has 1 rings (SSSR count). The molecule has 0 spiro atoms. The molecule has 1 aromatic rings. The Labute approximate surface area is 112 Å². The number of hydrogen-bond acceptors (Lipinski definition) is 3. The lowest BCUT2D eigenvalue weighted by molar-refractivity contribution is -0.123. The number of benzene rings is 1. The van der Waals surface area contributed by atoms with E-state index >= 15 is 0 Å². The number of amides is 1. The highest BCUT2D eigenvalue weighted by Gasteiger charge is 2.14. The molecule has 106 valence electrons. The first-order chi connectivity index (χ1) is 9.02. The Balaban J connectivity index is 2.40. The first-order valence-electron chi connectivity index (χ1n) is 6.41. The first kappa shape index (κ1) is 15.6. The molecule has 1 aromatic carbocycles. The van der Waals surface area contributed by atoms with Gasteiger partial charge in [-0.3, -0.25) is 4.79 Å². The molecule has 0 heterocycles. The Morgan fingerprint density at radius 1 is 1.42 bits per heavy atom. The van der Waals surface area contributed by atoms with Crippen LogP contribution in [0.5, 0.6) is 0 Å². The molecule has 19 heavy (non-hydrogen) atoms. The number of nitrogens with one attached hydrogen (secondary N) is 1. The van der Waals surface area contributed by atoms with E-state index in [0.717, 1.165) is 6.42 Å². The lowest BCUT2D eigenvalue weighted by atomic mass is 10.1. The molecule has 3 N–H and O–H groups in total. The van der Waals surface area contributed by atoms with Gasteiger partial charge in [0.15, 0.2) is 0 Å². The average Bonchev–Trinajstić information content (AvgIpc) is 2.36. The van der Waals surface area contributed by atoms with Crippen molar-refractivity contribution in [1.82, 2.24) is 5.32 Å². The summed E-state index contributed by atoms with van der Waals surface area (Å²) in [4.78, 5) is 11.5. The van der Waals surface area contributed by atoms with E-state index in [1.807, 2.05) is 6.92 Å². The van der Waals surface area contributed by atoms with Crippen molar-refractivity contribution in [3.8, 4) is 0 Å². The fraction of sp³-hybridized carbons (Fsp3) is 0.500. The Hall–Kier alpha value is -1.46. The van der Waals surface area contributed by atoms with Gasteiger partial charge in [-0.05, 0) is 24.1 Å². The summed E-state index contributed by atoms with van der Waals surface area (Å²) in [7, 11) is 0. The maximum absolute atomic E-state index is 13.0. The van der Waals surface area contributed by atoms with Crippen LogP contribution in [0, 0.1) is 5.82 Å². The molecule has 0 radical (unpaired) electrons. The first-order valence-corrected chi connectivity index (χ1v) is 6.41. The standard InChI is InChI=1S/C14H20FNO3/c1-2-4-12(17)9-16-14(19)8-13(18)10-5-3-6-11(15)7-10/h3,5-7,12-13,17-18H,2,4,8-9H2,1H3,(H,16,19). The van der Waals surface area contributed by atoms with E-state index < -0.39 is 18.0 Å². The minimum absolute atomic E-state index is 0.150. The average molecular weight is 269 g/mol. The smallest absolute Gasteiger partial charge is 0.223 e. The van der Waals surface area contributed by atoms with E-state index in [9.17, 15) is 19.4 Å². The summed E-state index contributed by atoms with van der Waals surface area (Å²) in [5, 5.41) is 21.8. The van der Waals surface area contributed by atoms with Gasteiger partial charge in [0.25, 0.3) is 0 Å². The Morgan fingerprint density at radius 3 is 2.79 bits per heavy atom. The summed E-state index contributed by atoms with van der Waals surface area (Å²) in [6, 6.07) is 5.52. The lowest BCUT2D eigenvalue weighted by Crippen LogP contribution is -2.32. The second kappa shape index (κ2) is 7.86. The molecule has 0 aromatic heterocycles. The number of carbonyl (C=O) groups is 1. The molecule has 0 saturated heterocycles. The van der Waals surface area contributed by atoms with Crippen molar-refractivity contribution >= 4 is 5.91 Å². The summed E-state index contributed by atoms with van der Waals surface area (Å²) < 4.78 is 13.0. The third kappa shape index (κ3) is 5.81. The molecule has 1 amide bonds. The summed E-state index contributed by atoms with van der Waals surface area (Å²) in [5.41, 5.74) is 0.365. The van der Waals surface area contributed by atoms with Gasteiger partial charge < -0.3 is 15.5 Å². The number of aliphatic hydroxyl groups is 2. The molecule has 0 aliphatic heterocycles. The zero-order valence-corrected chi connectivity index (χ0v) is 11.0. The van der Waals surface area contributed by atoms with Crippen LogP contribution in [0.3, 0.4) is 0 Å². The van der Waals surface area contributed by atoms with Gasteiger partial charge in [0.05, 0.1) is 18.6 Å². The minimum Gasteiger partial charge on any atom is -0.391 e. The minimum atomic E-state index is -1.04. The summed E-state index contributed by atoms with van der Waals surface area (Å²) in [6.45, 7) is 2.11. The normalized spacial score (nSPS) is 13.9. The molecule has 5 heteroatoms. The van der Waals surface area contributed by atoms with Gasteiger partial charge in [-0.15, -0.1) is 0 Å². The van der Waals surface area contributed by atoms with Crippen LogP contribution < -0.4 is 5.32 Å². The molecule has 0 aliphatic carbocycles. The zero-order chi connectivity index (χ0) is 14.3. The van der Waals surface area contributed by atoms with Gasteiger partial charge in [-0.25, -0.2) is 4.39 Å². The van der Waals surface area contributed by atoms with E-state index in [4.69, 9.17) is 0 Å². The van der Waals surface area contributed by atoms with Crippen molar-refractivity contribution in [2.45, 2.75) is 38.4 Å². The molecule has 2 unspecified atom stereocenters. The van der Waals surface area contributed by atoms with E-state index in [2.05, 4.69) is 5.32 Å². The third-order valence-electron chi connectivity index (χ3n) is 2.77. The van der Waals surface area contributed by atoms with Crippen LogP contribution in [0.25, 0.3) is 0 Å². The zero-order valence-electron chi connectivity index (χ0n) is 11.0. The highest BCUT2D eigenvalue weighted by atomic mass is 19.1. The molecule has 0 aliphatic rings. The van der Waals surface area contributed by atoms with Crippen molar-refractivity contribution in [2.24, 2.45) is 0 Å². The molecular formula is C14H20FNO3. The van der Waals surface area contributed by atoms with Crippen molar-refractivity contribution in [3.05, 3.63) is 35.6 Å². The number of rotatable bonds is 7. The van der Waals surface area contributed by atoms with Gasteiger partial charge in [-0.2, -0.15) is 0 Å². The number of hydrogen-bond donors (Lipinski definition) is 3. The Bertz CT molecular complexity index is 411. The third-order valence-corrected chi connectivity index (χ3v) is 2.77. The Morgan fingerprint density at radius 2 is 2.16 bits per heavy atom. The van der Waals surface area contributed by atoms with Gasteiger partial charge in [-0.1, -0.05) is 25.5 Å². The summed E-state index contributed by atoms with van der Waals surface area (Å²) in [6.07, 6.45) is -0.308. The van der Waals surface area contributed by atoms with Gasteiger partial charge in [0, 0.05) is 6.54 Å². The van der Waals surface area contributed by atoms with Gasteiger partial charge >= 0.3 is 0 Å². The topological polar surface area (TPSA) is 69.6 Å². The van der Waals surface area contributed by atoms with Crippen LogP contribution in [0.4, 0.5) is 4.39 Å². The number of aliphatic hydroxyl groups excluding tert-OH is 2. The van der Waals surface area contributed by atoms with E-state index in [1.54, 1.807) is 6.07 Å². The van der Waals surface area contributed by atoms with Crippen LogP contribution >= 0.6 is 0 Å². The maximum Gasteiger partial charge on any atom is 0.223 e. The molecule has 4 nitrogen and oxygen atoms in total. The van der Waals surface area contributed by atoms with Crippen LogP contribution in [0.2, 0.25) is 0 Å². The van der Waals surface area contributed by atoms with Crippen LogP contribution in [0.15, 0.2) is 24.3 Å². The van der Waals surface area contributed by atoms with E-state index in [1.165, 1.54) is 18.2 Å². The molecule has 0 fully saturated rings. The van der Waals surface area contributed by atoms with Crippen molar-refractivity contribution in [2.75, 3.05) is 6.54 Å². The highest BCUT2D eigenvalue weighted by molar-refractivity contribution is 5.76. The van der Waals surface area contributed by atoms with Crippen LogP contribution in [-0.2, 0) is 4.79 Å². The predicted octanol–water partition coefficient (Wildman–Crippen LogP) is 1.53. The number of halogens is 1. The van der Waals surface area contributed by atoms with Crippen molar-refractivity contribution in [3.63, 3.8) is 0 Å². The molecule has 0 bridgehead atoms. The second-order valence-electron chi connectivity index (χ2n) is 4.52. The van der Waals surface area contributed by atoms with Crippen LogP contribution in [0.1, 0.15) is 37.9 Å². The molecule has 2 atom stereocenters. The largest absolute Gasteiger partial charge is 0.391 e. The molecule has 0 saturated carbocycles. The van der Waals surface area contributed by atoms with Crippen molar-refractivity contribution < 1.29 is 19.4 Å². The quantitative estimate of drug-likeness (QED) is 0.703. The van der Waals surface area contributed by atoms with E-state index in [0.29, 0.717) is 12.0 Å². The Kier molecular flexibility index (Phi) is 6.45. The lowest BCUT2D eigenvalue weighted by Gasteiger charge is -2.13.